The van der Waals surface area contributed by atoms with E-state index in [9.17, 15) is 18.0 Å². The first-order valence-corrected chi connectivity index (χ1v) is 12.7. The number of sulfonamides is 1. The minimum Gasteiger partial charge on any atom is -0.491 e. The highest BCUT2D eigenvalue weighted by atomic mass is 32.2. The van der Waals surface area contributed by atoms with E-state index in [-0.39, 0.29) is 54.3 Å². The van der Waals surface area contributed by atoms with Gasteiger partial charge >= 0.3 is 0 Å². The number of hydrogen-bond acceptors (Lipinski definition) is 7. The second-order valence-corrected chi connectivity index (χ2v) is 10.7. The predicted octanol–water partition coefficient (Wildman–Crippen LogP) is 0.952. The van der Waals surface area contributed by atoms with Crippen molar-refractivity contribution >= 4 is 27.5 Å². The largest absolute Gasteiger partial charge is 0.491 e. The molecule has 0 radical (unpaired) electrons. The van der Waals surface area contributed by atoms with Gasteiger partial charge in [0.05, 0.1) is 30.5 Å². The average molecular weight is 485 g/mol. The molecule has 1 heterocycles. The Morgan fingerprint density at radius 3 is 2.52 bits per heavy atom. The maximum atomic E-state index is 13.3. The van der Waals surface area contributed by atoms with Crippen LogP contribution in [0.5, 0.6) is 5.75 Å². The summed E-state index contributed by atoms with van der Waals surface area (Å²) in [6, 6.07) is 4.31. The summed E-state index contributed by atoms with van der Waals surface area (Å²) in [6.07, 6.45) is 0.740. The van der Waals surface area contributed by atoms with Crippen molar-refractivity contribution in [1.29, 1.82) is 0 Å². The summed E-state index contributed by atoms with van der Waals surface area (Å²) in [5.74, 6) is -0.0614. The minimum atomic E-state index is -3.51. The molecule has 11 heteroatoms. The van der Waals surface area contributed by atoms with Crippen LogP contribution in [0, 0.1) is 5.92 Å². The first-order chi connectivity index (χ1) is 15.3. The van der Waals surface area contributed by atoms with Crippen molar-refractivity contribution in [3.8, 4) is 5.75 Å². The van der Waals surface area contributed by atoms with Gasteiger partial charge in [-0.3, -0.25) is 14.3 Å². The third kappa shape index (κ3) is 7.58. The number of ether oxygens (including phenoxy) is 2. The van der Waals surface area contributed by atoms with Gasteiger partial charge in [-0.1, -0.05) is 6.92 Å². The normalized spacial score (nSPS) is 22.8. The zero-order chi connectivity index (χ0) is 24.9. The number of rotatable bonds is 5. The van der Waals surface area contributed by atoms with Crippen molar-refractivity contribution < 1.29 is 27.5 Å². The molecule has 1 aliphatic rings. The van der Waals surface area contributed by atoms with E-state index in [1.807, 2.05) is 32.8 Å². The lowest BCUT2D eigenvalue weighted by Crippen LogP contribution is -2.50. The highest BCUT2D eigenvalue weighted by Crippen LogP contribution is 2.27. The second-order valence-electron chi connectivity index (χ2n) is 8.97. The molecule has 2 amide bonds. The van der Waals surface area contributed by atoms with Crippen LogP contribution in [0.15, 0.2) is 18.2 Å². The summed E-state index contributed by atoms with van der Waals surface area (Å²) in [7, 11) is 3.42. The van der Waals surface area contributed by atoms with Crippen molar-refractivity contribution in [2.45, 2.75) is 26.0 Å². The van der Waals surface area contributed by atoms with Crippen molar-refractivity contribution in [3.63, 3.8) is 0 Å². The number of nitrogens with zero attached hydrogens (tertiary/aromatic N) is 3. The van der Waals surface area contributed by atoms with E-state index in [1.165, 1.54) is 11.0 Å². The molecule has 0 aliphatic carbocycles. The number of carbonyl (C=O) groups is 2. The number of hydrogen-bond donors (Lipinski definition) is 1. The van der Waals surface area contributed by atoms with Crippen LogP contribution in [-0.4, -0.2) is 108 Å². The van der Waals surface area contributed by atoms with Gasteiger partial charge in [0.2, 0.25) is 15.9 Å². The van der Waals surface area contributed by atoms with Gasteiger partial charge in [-0.05, 0) is 39.2 Å². The quantitative estimate of drug-likeness (QED) is 0.663. The van der Waals surface area contributed by atoms with Crippen LogP contribution < -0.4 is 9.46 Å². The van der Waals surface area contributed by atoms with Gasteiger partial charge in [0.25, 0.3) is 5.91 Å². The Kier molecular flexibility index (Phi) is 9.10. The molecule has 186 valence electrons. The third-order valence-electron chi connectivity index (χ3n) is 5.52. The van der Waals surface area contributed by atoms with Crippen LogP contribution in [0.25, 0.3) is 0 Å². The summed E-state index contributed by atoms with van der Waals surface area (Å²) >= 11 is 0. The topological polar surface area (TPSA) is 108 Å². The van der Waals surface area contributed by atoms with Gasteiger partial charge in [0.1, 0.15) is 12.4 Å². The number of amides is 2. The summed E-state index contributed by atoms with van der Waals surface area (Å²) in [4.78, 5) is 31.4. The molecule has 0 fully saturated rings. The van der Waals surface area contributed by atoms with E-state index in [0.717, 1.165) is 6.26 Å². The molecule has 0 saturated heterocycles. The molecule has 1 aromatic rings. The average Bonchev–Trinajstić information content (AvgIpc) is 2.71. The standard InChI is InChI=1S/C22H36N4O6S/c1-15-11-26(21(27)13-24(3)4)16(2)14-32-19-9-8-17(23-33(7,29)30)10-18(19)22(28)25(5)12-20(15)31-6/h8-10,15-16,20,23H,11-14H2,1-7H3/t15-,16+,20-/m1/s1. The number of anilines is 1. The zero-order valence-corrected chi connectivity index (χ0v) is 21.3. The van der Waals surface area contributed by atoms with Crippen molar-refractivity contribution in [1.82, 2.24) is 14.7 Å². The molecule has 0 bridgehead atoms. The predicted molar refractivity (Wildman–Crippen MR) is 127 cm³/mol. The highest BCUT2D eigenvalue weighted by Gasteiger charge is 2.30. The lowest BCUT2D eigenvalue weighted by atomic mass is 10.0. The van der Waals surface area contributed by atoms with Crippen molar-refractivity contribution in [2.24, 2.45) is 5.92 Å². The monoisotopic (exact) mass is 484 g/mol. The summed E-state index contributed by atoms with van der Waals surface area (Å²) in [5.41, 5.74) is 0.494. The third-order valence-corrected chi connectivity index (χ3v) is 6.13. The van der Waals surface area contributed by atoms with Crippen molar-refractivity contribution in [2.75, 3.05) is 65.5 Å². The van der Waals surface area contributed by atoms with E-state index in [0.29, 0.717) is 18.8 Å². The maximum absolute atomic E-state index is 13.3. The van der Waals surface area contributed by atoms with E-state index in [2.05, 4.69) is 4.72 Å². The molecule has 1 aromatic carbocycles. The maximum Gasteiger partial charge on any atom is 0.257 e. The molecule has 0 spiro atoms. The highest BCUT2D eigenvalue weighted by molar-refractivity contribution is 7.92. The van der Waals surface area contributed by atoms with Crippen LogP contribution in [0.3, 0.4) is 0 Å². The fourth-order valence-corrected chi connectivity index (χ4v) is 4.32. The lowest BCUT2D eigenvalue weighted by molar-refractivity contribution is -0.136. The SMILES string of the molecule is CO[C@@H]1CN(C)C(=O)c2cc(NS(C)(=O)=O)ccc2OC[C@H](C)N(C(=O)CN(C)C)C[C@H]1C. The Morgan fingerprint density at radius 1 is 1.27 bits per heavy atom. The number of carbonyl (C=O) groups excluding carboxylic acids is 2. The Morgan fingerprint density at radius 2 is 1.94 bits per heavy atom. The molecule has 0 aromatic heterocycles. The molecule has 1 N–H and O–H groups in total. The summed E-state index contributed by atoms with van der Waals surface area (Å²) in [6.45, 7) is 5.09. The molecule has 2 rings (SSSR count). The molecular weight excluding hydrogens is 448 g/mol. The van der Waals surface area contributed by atoms with E-state index < -0.39 is 10.0 Å². The number of nitrogens with one attached hydrogen (secondary N) is 1. The first-order valence-electron chi connectivity index (χ1n) is 10.8. The van der Waals surface area contributed by atoms with Gasteiger partial charge in [-0.25, -0.2) is 8.42 Å². The fraction of sp³-hybridized carbons (Fsp3) is 0.636. The van der Waals surface area contributed by atoms with Crippen LogP contribution in [0.1, 0.15) is 24.2 Å². The number of methoxy groups -OCH3 is 1. The molecular formula is C22H36N4O6S. The van der Waals surface area contributed by atoms with E-state index in [4.69, 9.17) is 9.47 Å². The lowest BCUT2D eigenvalue weighted by Gasteiger charge is -2.36. The van der Waals surface area contributed by atoms with Gasteiger partial charge in [-0.15, -0.1) is 0 Å². The first kappa shape index (κ1) is 26.9. The Hall–Kier alpha value is -2.37. The fourth-order valence-electron chi connectivity index (χ4n) is 3.76. The molecule has 0 saturated carbocycles. The Bertz CT molecular complexity index is 952. The number of likely N-dealkylation sites (N-methyl/N-ethyl adjacent to an activating group) is 2. The van der Waals surface area contributed by atoms with Crippen LogP contribution >= 0.6 is 0 Å². The Balaban J connectivity index is 2.47. The van der Waals surface area contributed by atoms with Gasteiger partial charge < -0.3 is 24.2 Å². The molecule has 3 atom stereocenters. The van der Waals surface area contributed by atoms with Gasteiger partial charge in [0, 0.05) is 38.9 Å². The van der Waals surface area contributed by atoms with E-state index >= 15 is 0 Å². The molecule has 0 unspecified atom stereocenters. The number of benzene rings is 1. The van der Waals surface area contributed by atoms with Crippen LogP contribution in [-0.2, 0) is 19.6 Å². The van der Waals surface area contributed by atoms with E-state index in [1.54, 1.807) is 31.2 Å². The van der Waals surface area contributed by atoms with Gasteiger partial charge in [-0.2, -0.15) is 0 Å². The van der Waals surface area contributed by atoms with Crippen LogP contribution in [0.2, 0.25) is 0 Å². The molecule has 1 aliphatic heterocycles. The van der Waals surface area contributed by atoms with Crippen molar-refractivity contribution in [3.05, 3.63) is 23.8 Å². The minimum absolute atomic E-state index is 0.0211. The smallest absolute Gasteiger partial charge is 0.257 e. The van der Waals surface area contributed by atoms with Gasteiger partial charge in [0.15, 0.2) is 0 Å². The second kappa shape index (κ2) is 11.2. The summed E-state index contributed by atoms with van der Waals surface area (Å²) in [5, 5.41) is 0. The molecule has 33 heavy (non-hydrogen) atoms. The molecule has 10 nitrogen and oxygen atoms in total. The zero-order valence-electron chi connectivity index (χ0n) is 20.5. The summed E-state index contributed by atoms with van der Waals surface area (Å²) < 4.78 is 37.4. The number of fused-ring (bicyclic) bond motifs is 1. The Labute approximate surface area is 196 Å². The van der Waals surface area contributed by atoms with Crippen LogP contribution in [0.4, 0.5) is 5.69 Å².